The second-order valence-corrected chi connectivity index (χ2v) is 19.2. The van der Waals surface area contributed by atoms with E-state index in [1.54, 1.807) is 0 Å². The van der Waals surface area contributed by atoms with Crippen LogP contribution < -0.4 is 20.7 Å². The molecule has 0 spiro atoms. The van der Waals surface area contributed by atoms with Gasteiger partial charge in [0.25, 0.3) is 0 Å². The summed E-state index contributed by atoms with van der Waals surface area (Å²) in [6.07, 6.45) is 5.24. The molecule has 198 valence electrons. The zero-order valence-electron chi connectivity index (χ0n) is 22.3. The number of aryl methyl sites for hydroxylation is 2. The Morgan fingerprint density at radius 2 is 0.949 bits per heavy atom. The molecule has 0 saturated carbocycles. The number of hydrogen-bond donors (Lipinski definition) is 0. The summed E-state index contributed by atoms with van der Waals surface area (Å²) in [4.78, 5) is 0. The van der Waals surface area contributed by atoms with Crippen molar-refractivity contribution in [1.29, 1.82) is 0 Å². The molecule has 0 atom stereocenters. The van der Waals surface area contributed by atoms with E-state index in [4.69, 9.17) is 4.74 Å². The van der Waals surface area contributed by atoms with Gasteiger partial charge in [-0.2, -0.15) is 0 Å². The molecule has 0 bridgehead atoms. The quantitative estimate of drug-likeness (QED) is 0.104. The predicted octanol–water partition coefficient (Wildman–Crippen LogP) is 8.47. The number of rotatable bonds is 12. The fourth-order valence-electron chi connectivity index (χ4n) is 5.47. The molecule has 5 aromatic rings. The zero-order chi connectivity index (χ0) is 26.8. The van der Waals surface area contributed by atoms with Crippen LogP contribution in [0.2, 0.25) is 0 Å². The van der Waals surface area contributed by atoms with Crippen LogP contribution in [0.15, 0.2) is 146 Å². The normalized spacial score (nSPS) is 12.4. The number of benzene rings is 5. The van der Waals surface area contributed by atoms with E-state index in [-0.39, 0.29) is 0 Å². The van der Waals surface area contributed by atoms with Gasteiger partial charge in [-0.15, -0.1) is 0 Å². The fraction of sp³-hybridized carbons (Fsp3) is 0.167. The molecule has 39 heavy (non-hydrogen) atoms. The van der Waals surface area contributed by atoms with Gasteiger partial charge in [0.2, 0.25) is 0 Å². The second kappa shape index (κ2) is 12.8. The van der Waals surface area contributed by atoms with Crippen LogP contribution in [0, 0.1) is 0 Å². The van der Waals surface area contributed by atoms with Crippen LogP contribution >= 0.6 is 20.8 Å². The van der Waals surface area contributed by atoms with Gasteiger partial charge in [0.15, 0.2) is 0 Å². The monoisotopic (exact) mass is 594 g/mol. The molecule has 5 aromatic carbocycles. The van der Waals surface area contributed by atoms with E-state index < -0.39 is 5.31 Å². The first-order chi connectivity index (χ1) is 19.2. The third kappa shape index (κ3) is 6.19. The first-order valence-corrected chi connectivity index (χ1v) is 18.3. The Morgan fingerprint density at radius 3 is 1.46 bits per heavy atom. The Kier molecular flexibility index (Phi) is 8.97. The molecule has 0 saturated heterocycles. The van der Waals surface area contributed by atoms with Crippen molar-refractivity contribution >= 4 is 36.7 Å². The summed E-state index contributed by atoms with van der Waals surface area (Å²) in [6.45, 7) is 0.757. The van der Waals surface area contributed by atoms with Gasteiger partial charge < -0.3 is 0 Å². The van der Waals surface area contributed by atoms with Crippen LogP contribution in [0.3, 0.4) is 0 Å². The van der Waals surface area contributed by atoms with Gasteiger partial charge in [0, 0.05) is 0 Å². The van der Waals surface area contributed by atoms with Crippen molar-refractivity contribution in [2.45, 2.75) is 25.7 Å². The molecule has 0 heterocycles. The molecule has 0 radical (unpaired) electrons. The topological polar surface area (TPSA) is 9.23 Å². The molecule has 0 aromatic heterocycles. The Morgan fingerprint density at radius 1 is 0.487 bits per heavy atom. The molecule has 5 rings (SSSR count). The van der Waals surface area contributed by atoms with Crippen LogP contribution in [0.1, 0.15) is 24.0 Å². The third-order valence-electron chi connectivity index (χ3n) is 7.57. The molecule has 3 heteroatoms. The third-order valence-corrected chi connectivity index (χ3v) is 17.5. The van der Waals surface area contributed by atoms with Crippen LogP contribution in [-0.2, 0) is 12.8 Å². The van der Waals surface area contributed by atoms with Crippen molar-refractivity contribution < 1.29 is 4.74 Å². The number of unbranched alkanes of at least 4 members (excludes halogenated alkanes) is 1. The van der Waals surface area contributed by atoms with E-state index in [0.29, 0.717) is 0 Å². The summed E-state index contributed by atoms with van der Waals surface area (Å²) in [7, 11) is 0. The first-order valence-electron chi connectivity index (χ1n) is 13.8. The number of halogens is 1. The minimum absolute atomic E-state index is 0.757. The minimum atomic E-state index is -2.91. The Bertz CT molecular complexity index is 1340. The van der Waals surface area contributed by atoms with E-state index >= 15 is 0 Å². The Labute approximate surface area is 241 Å². The van der Waals surface area contributed by atoms with Crippen LogP contribution in [0.5, 0.6) is 5.75 Å². The fourth-order valence-corrected chi connectivity index (χ4v) is 12.9. The number of hydrogen-bond acceptors (Lipinski definition) is 1. The predicted molar refractivity (Wildman–Crippen MR) is 174 cm³/mol. The molecular weight excluding hydrogens is 559 g/mol. The second-order valence-electron chi connectivity index (χ2n) is 10.1. The average Bonchev–Trinajstić information content (AvgIpc) is 3.02. The van der Waals surface area contributed by atoms with Gasteiger partial charge in [-0.05, 0) is 0 Å². The van der Waals surface area contributed by atoms with Gasteiger partial charge in [-0.3, -0.25) is 0 Å². The SMILES string of the molecule is BrP(CCc1cccc(CCCCOc2ccccc2)c1)(c1ccccc1)(c1ccccc1)c1ccccc1. The number of ether oxygens (including phenoxy) is 1. The van der Waals surface area contributed by atoms with Crippen LogP contribution in [0.25, 0.3) is 0 Å². The summed E-state index contributed by atoms with van der Waals surface area (Å²) in [5.41, 5.74) is 2.80. The maximum absolute atomic E-state index is 5.88. The number of para-hydroxylation sites is 1. The van der Waals surface area contributed by atoms with Gasteiger partial charge in [-0.1, -0.05) is 18.2 Å². The molecular formula is C36H36BrOP. The molecule has 0 aliphatic rings. The first kappa shape index (κ1) is 27.4. The summed E-state index contributed by atoms with van der Waals surface area (Å²) in [5, 5.41) is 1.20. The van der Waals surface area contributed by atoms with E-state index in [2.05, 4.69) is 131 Å². The Hall–Kier alpha value is -3.19. The Balaban J connectivity index is 1.37. The van der Waals surface area contributed by atoms with Crippen molar-refractivity contribution in [3.8, 4) is 5.75 Å². The van der Waals surface area contributed by atoms with Crippen molar-refractivity contribution in [1.82, 2.24) is 0 Å². The summed E-state index contributed by atoms with van der Waals surface area (Å²) in [5.74, 6) is 0.950. The molecule has 0 amide bonds. The molecule has 0 fully saturated rings. The van der Waals surface area contributed by atoms with E-state index in [9.17, 15) is 0 Å². The molecule has 1 nitrogen and oxygen atoms in total. The van der Waals surface area contributed by atoms with Gasteiger partial charge in [0.1, 0.15) is 0 Å². The van der Waals surface area contributed by atoms with Crippen LogP contribution in [-0.4, -0.2) is 12.8 Å². The zero-order valence-corrected chi connectivity index (χ0v) is 24.8. The maximum atomic E-state index is 5.88. The van der Waals surface area contributed by atoms with Crippen LogP contribution in [0.4, 0.5) is 0 Å². The van der Waals surface area contributed by atoms with Crippen molar-refractivity contribution in [3.05, 3.63) is 157 Å². The summed E-state index contributed by atoms with van der Waals surface area (Å²) < 4.78 is 5.88. The van der Waals surface area contributed by atoms with Crippen molar-refractivity contribution in [2.24, 2.45) is 0 Å². The average molecular weight is 596 g/mol. The summed E-state index contributed by atoms with van der Waals surface area (Å²) >= 11 is 4.59. The van der Waals surface area contributed by atoms with Crippen molar-refractivity contribution in [2.75, 3.05) is 12.8 Å². The van der Waals surface area contributed by atoms with Gasteiger partial charge in [0.05, 0.1) is 0 Å². The summed E-state index contributed by atoms with van der Waals surface area (Å²) in [6, 6.07) is 52.5. The molecule has 0 N–H and O–H groups in total. The van der Waals surface area contributed by atoms with Gasteiger partial charge >= 0.3 is 224 Å². The van der Waals surface area contributed by atoms with E-state index in [0.717, 1.165) is 44.2 Å². The molecule has 0 unspecified atom stereocenters. The van der Waals surface area contributed by atoms with E-state index in [1.165, 1.54) is 27.0 Å². The van der Waals surface area contributed by atoms with E-state index in [1.807, 2.05) is 30.3 Å². The standard InChI is InChI=1S/C36H36BrOP/c37-39(34-21-7-2-8-22-34,35-23-9-3-10-24-35,36-25-11-4-12-26-36)29-27-32-18-15-17-31(30-32)16-13-14-28-38-33-19-5-1-6-20-33/h1-12,15,17-26,30H,13-14,16,27-29H2. The van der Waals surface area contributed by atoms with Gasteiger partial charge in [-0.25, -0.2) is 0 Å². The molecule has 0 aliphatic carbocycles. The molecule has 0 aliphatic heterocycles. The van der Waals surface area contributed by atoms with Crippen molar-refractivity contribution in [3.63, 3.8) is 0 Å².